The first kappa shape index (κ1) is 15.4. The van der Waals surface area contributed by atoms with Crippen LogP contribution in [0.4, 0.5) is 10.5 Å². The number of rotatable bonds is 2. The molecule has 0 saturated carbocycles. The van der Waals surface area contributed by atoms with Crippen LogP contribution in [-0.4, -0.2) is 35.1 Å². The molecule has 21 heavy (non-hydrogen) atoms. The molecule has 1 saturated heterocycles. The van der Waals surface area contributed by atoms with Crippen LogP contribution in [0.3, 0.4) is 0 Å². The van der Waals surface area contributed by atoms with E-state index >= 15 is 0 Å². The highest BCUT2D eigenvalue weighted by atomic mass is 35.5. The van der Waals surface area contributed by atoms with E-state index in [1.54, 1.807) is 29.2 Å². The number of piperidine rings is 1. The predicted octanol–water partition coefficient (Wildman–Crippen LogP) is 2.72. The number of halogens is 1. The highest BCUT2D eigenvalue weighted by Crippen LogP contribution is 2.31. The number of hydrogen-bond acceptors (Lipinski definition) is 3. The van der Waals surface area contributed by atoms with Crippen LogP contribution in [0.25, 0.3) is 0 Å². The number of oxime groups is 1. The second-order valence-electron chi connectivity index (χ2n) is 5.47. The van der Waals surface area contributed by atoms with E-state index in [0.29, 0.717) is 36.6 Å². The number of amidine groups is 1. The Morgan fingerprint density at radius 2 is 2.14 bits per heavy atom. The number of anilines is 1. The Morgan fingerprint density at radius 1 is 1.48 bits per heavy atom. The normalized spacial score (nSPS) is 18.4. The molecule has 0 bridgehead atoms. The summed E-state index contributed by atoms with van der Waals surface area (Å²) in [4.78, 5) is 13.9. The van der Waals surface area contributed by atoms with E-state index in [1.165, 1.54) is 0 Å². The fourth-order valence-corrected chi connectivity index (χ4v) is 2.54. The van der Waals surface area contributed by atoms with Crippen molar-refractivity contribution in [1.29, 1.82) is 0 Å². The molecule has 6 nitrogen and oxygen atoms in total. The van der Waals surface area contributed by atoms with Crippen LogP contribution in [0.1, 0.15) is 19.8 Å². The highest BCUT2D eigenvalue weighted by molar-refractivity contribution is 6.30. The average molecular weight is 311 g/mol. The van der Waals surface area contributed by atoms with Gasteiger partial charge in [-0.3, -0.25) is 0 Å². The summed E-state index contributed by atoms with van der Waals surface area (Å²) in [6.07, 6.45) is 1.32. The molecule has 0 atom stereocenters. The Labute approximate surface area is 128 Å². The molecule has 1 fully saturated rings. The molecule has 0 spiro atoms. The number of nitrogens with one attached hydrogen (secondary N) is 1. The SMILES string of the molecule is CC1(/C(N)=N/O)CCN(C(=O)Nc2cccc(Cl)c2)CC1. The zero-order chi connectivity index (χ0) is 15.5. The van der Waals surface area contributed by atoms with Crippen molar-refractivity contribution in [2.45, 2.75) is 19.8 Å². The Morgan fingerprint density at radius 3 is 2.71 bits per heavy atom. The molecule has 0 aromatic heterocycles. The van der Waals surface area contributed by atoms with E-state index in [2.05, 4.69) is 10.5 Å². The number of urea groups is 1. The fourth-order valence-electron chi connectivity index (χ4n) is 2.35. The second kappa shape index (κ2) is 6.22. The standard InChI is InChI=1S/C14H19ClN4O2/c1-14(12(16)18-21)5-7-19(8-6-14)13(20)17-11-4-2-3-10(15)9-11/h2-4,9,21H,5-8H2,1H3,(H2,16,18)(H,17,20). The van der Waals surface area contributed by atoms with Gasteiger partial charge in [-0.05, 0) is 31.0 Å². The van der Waals surface area contributed by atoms with Gasteiger partial charge in [0.2, 0.25) is 0 Å². The third kappa shape index (κ3) is 3.58. The van der Waals surface area contributed by atoms with E-state index in [-0.39, 0.29) is 17.3 Å². The van der Waals surface area contributed by atoms with E-state index in [4.69, 9.17) is 22.5 Å². The lowest BCUT2D eigenvalue weighted by Gasteiger charge is -2.38. The average Bonchev–Trinajstić information content (AvgIpc) is 2.47. The van der Waals surface area contributed by atoms with Crippen LogP contribution in [0.15, 0.2) is 29.4 Å². The number of nitrogens with zero attached hydrogens (tertiary/aromatic N) is 2. The van der Waals surface area contributed by atoms with Gasteiger partial charge in [0.15, 0.2) is 0 Å². The van der Waals surface area contributed by atoms with Crippen LogP contribution >= 0.6 is 11.6 Å². The molecule has 114 valence electrons. The molecule has 1 aromatic carbocycles. The van der Waals surface area contributed by atoms with Crippen molar-refractivity contribution in [3.05, 3.63) is 29.3 Å². The first-order chi connectivity index (χ1) is 9.94. The topological polar surface area (TPSA) is 91.0 Å². The zero-order valence-electron chi connectivity index (χ0n) is 11.8. The molecule has 1 aliphatic rings. The number of carbonyl (C=O) groups excluding carboxylic acids is 1. The number of benzene rings is 1. The molecule has 1 aliphatic heterocycles. The summed E-state index contributed by atoms with van der Waals surface area (Å²) in [5.41, 5.74) is 6.01. The van der Waals surface area contributed by atoms with Crippen molar-refractivity contribution in [1.82, 2.24) is 4.90 Å². The van der Waals surface area contributed by atoms with Gasteiger partial charge in [-0.15, -0.1) is 0 Å². The quantitative estimate of drug-likeness (QED) is 0.339. The molecule has 0 unspecified atom stereocenters. The van der Waals surface area contributed by atoms with Crippen LogP contribution in [0.2, 0.25) is 5.02 Å². The van der Waals surface area contributed by atoms with Gasteiger partial charge in [-0.25, -0.2) is 4.79 Å². The van der Waals surface area contributed by atoms with Crippen molar-refractivity contribution in [2.24, 2.45) is 16.3 Å². The third-order valence-corrected chi connectivity index (χ3v) is 4.19. The largest absolute Gasteiger partial charge is 0.409 e. The lowest BCUT2D eigenvalue weighted by molar-refractivity contribution is 0.168. The molecule has 2 rings (SSSR count). The van der Waals surface area contributed by atoms with Gasteiger partial charge in [0, 0.05) is 29.2 Å². The van der Waals surface area contributed by atoms with Gasteiger partial charge in [-0.1, -0.05) is 29.7 Å². The fraction of sp³-hybridized carbons (Fsp3) is 0.429. The van der Waals surface area contributed by atoms with Gasteiger partial charge in [0.05, 0.1) is 0 Å². The van der Waals surface area contributed by atoms with Gasteiger partial charge in [0.1, 0.15) is 5.84 Å². The van der Waals surface area contributed by atoms with E-state index in [9.17, 15) is 4.79 Å². The Kier molecular flexibility index (Phi) is 4.57. The van der Waals surface area contributed by atoms with Gasteiger partial charge in [0.25, 0.3) is 0 Å². The maximum Gasteiger partial charge on any atom is 0.321 e. The summed E-state index contributed by atoms with van der Waals surface area (Å²) >= 11 is 5.89. The number of carbonyl (C=O) groups is 1. The monoisotopic (exact) mass is 310 g/mol. The molecular formula is C14H19ClN4O2. The van der Waals surface area contributed by atoms with E-state index in [0.717, 1.165) is 0 Å². The highest BCUT2D eigenvalue weighted by Gasteiger charge is 2.35. The summed E-state index contributed by atoms with van der Waals surface area (Å²) < 4.78 is 0. The zero-order valence-corrected chi connectivity index (χ0v) is 12.6. The summed E-state index contributed by atoms with van der Waals surface area (Å²) in [6.45, 7) is 3.05. The Balaban J connectivity index is 1.95. The van der Waals surface area contributed by atoms with Gasteiger partial charge < -0.3 is 21.2 Å². The third-order valence-electron chi connectivity index (χ3n) is 3.96. The minimum atomic E-state index is -0.360. The Hall–Kier alpha value is -1.95. The second-order valence-corrected chi connectivity index (χ2v) is 5.91. The van der Waals surface area contributed by atoms with Crippen molar-refractivity contribution >= 4 is 29.2 Å². The minimum Gasteiger partial charge on any atom is -0.409 e. The first-order valence-electron chi connectivity index (χ1n) is 6.74. The van der Waals surface area contributed by atoms with Crippen LogP contribution in [0, 0.1) is 5.41 Å². The number of hydrogen-bond donors (Lipinski definition) is 3. The molecule has 2 amide bonds. The van der Waals surface area contributed by atoms with E-state index < -0.39 is 0 Å². The summed E-state index contributed by atoms with van der Waals surface area (Å²) in [6, 6.07) is 6.85. The minimum absolute atomic E-state index is 0.168. The Bertz CT molecular complexity index is 554. The number of amides is 2. The van der Waals surface area contributed by atoms with Crippen LogP contribution in [-0.2, 0) is 0 Å². The van der Waals surface area contributed by atoms with Gasteiger partial charge in [-0.2, -0.15) is 0 Å². The molecular weight excluding hydrogens is 292 g/mol. The number of likely N-dealkylation sites (tertiary alicyclic amines) is 1. The first-order valence-corrected chi connectivity index (χ1v) is 7.12. The van der Waals surface area contributed by atoms with E-state index in [1.807, 2.05) is 6.92 Å². The van der Waals surface area contributed by atoms with Crippen LogP contribution in [0.5, 0.6) is 0 Å². The van der Waals surface area contributed by atoms with Crippen molar-refractivity contribution < 1.29 is 10.0 Å². The predicted molar refractivity (Wildman–Crippen MR) is 82.8 cm³/mol. The molecule has 4 N–H and O–H groups in total. The van der Waals surface area contributed by atoms with Crippen molar-refractivity contribution in [3.8, 4) is 0 Å². The smallest absolute Gasteiger partial charge is 0.321 e. The molecule has 7 heteroatoms. The lowest BCUT2D eigenvalue weighted by atomic mass is 9.79. The summed E-state index contributed by atoms with van der Waals surface area (Å²) in [7, 11) is 0. The maximum atomic E-state index is 12.2. The van der Waals surface area contributed by atoms with Crippen molar-refractivity contribution in [2.75, 3.05) is 18.4 Å². The van der Waals surface area contributed by atoms with Crippen molar-refractivity contribution in [3.63, 3.8) is 0 Å². The summed E-state index contributed by atoms with van der Waals surface area (Å²) in [5, 5.41) is 15.3. The number of nitrogens with two attached hydrogens (primary N) is 1. The van der Waals surface area contributed by atoms with Crippen LogP contribution < -0.4 is 11.1 Å². The summed E-state index contributed by atoms with van der Waals surface area (Å²) in [5.74, 6) is 0.220. The molecule has 0 radical (unpaired) electrons. The molecule has 1 aromatic rings. The van der Waals surface area contributed by atoms with Gasteiger partial charge >= 0.3 is 6.03 Å². The lowest BCUT2D eigenvalue weighted by Crippen LogP contribution is -2.48. The molecule has 1 heterocycles. The maximum absolute atomic E-state index is 12.2. The molecule has 0 aliphatic carbocycles.